The van der Waals surface area contributed by atoms with Gasteiger partial charge in [-0.1, -0.05) is 29.8 Å². The molecule has 146 valence electrons. The molecule has 2 atom stereocenters. The van der Waals surface area contributed by atoms with Gasteiger partial charge in [0.15, 0.2) is 6.10 Å². The first kappa shape index (κ1) is 19.6. The Hall–Kier alpha value is -2.12. The van der Waals surface area contributed by atoms with Gasteiger partial charge in [-0.05, 0) is 18.6 Å². The fourth-order valence-electron chi connectivity index (χ4n) is 3.28. The Morgan fingerprint density at radius 2 is 2.00 bits per heavy atom. The summed E-state index contributed by atoms with van der Waals surface area (Å²) in [6, 6.07) is 7.30. The molecule has 1 aromatic carbocycles. The second kappa shape index (κ2) is 8.71. The van der Waals surface area contributed by atoms with Crippen LogP contribution in [0.4, 0.5) is 0 Å². The van der Waals surface area contributed by atoms with Crippen LogP contribution in [0.5, 0.6) is 0 Å². The van der Waals surface area contributed by atoms with Gasteiger partial charge in [0, 0.05) is 37.6 Å². The largest absolute Gasteiger partial charge is 0.452 e. The minimum atomic E-state index is -0.872. The van der Waals surface area contributed by atoms with Crippen molar-refractivity contribution in [2.75, 3.05) is 32.8 Å². The van der Waals surface area contributed by atoms with Crippen molar-refractivity contribution in [3.05, 3.63) is 34.9 Å². The SMILES string of the molecule is C[C@H](OC(=O)[C@H]1CC(=O)N(Cc2ccccc2Cl)C1)C(=O)N1CCOCC1. The Bertz CT molecular complexity index is 720. The molecule has 2 amide bonds. The van der Waals surface area contributed by atoms with Crippen molar-refractivity contribution in [3.8, 4) is 0 Å². The maximum atomic E-state index is 12.4. The summed E-state index contributed by atoms with van der Waals surface area (Å²) in [5.74, 6) is -1.44. The molecule has 2 aliphatic heterocycles. The van der Waals surface area contributed by atoms with Crippen molar-refractivity contribution >= 4 is 29.4 Å². The predicted molar refractivity (Wildman–Crippen MR) is 97.9 cm³/mol. The molecule has 0 saturated carbocycles. The van der Waals surface area contributed by atoms with Gasteiger partial charge in [-0.2, -0.15) is 0 Å². The first-order valence-corrected chi connectivity index (χ1v) is 9.41. The number of likely N-dealkylation sites (tertiary alicyclic amines) is 1. The zero-order valence-electron chi connectivity index (χ0n) is 15.2. The number of esters is 1. The quantitative estimate of drug-likeness (QED) is 0.707. The van der Waals surface area contributed by atoms with Crippen molar-refractivity contribution < 1.29 is 23.9 Å². The van der Waals surface area contributed by atoms with E-state index in [-0.39, 0.29) is 24.8 Å². The Balaban J connectivity index is 1.54. The summed E-state index contributed by atoms with van der Waals surface area (Å²) in [5.41, 5.74) is 0.831. The van der Waals surface area contributed by atoms with Crippen LogP contribution >= 0.6 is 11.6 Å². The molecule has 0 radical (unpaired) electrons. The molecule has 0 unspecified atom stereocenters. The van der Waals surface area contributed by atoms with Crippen LogP contribution in [0, 0.1) is 5.92 Å². The molecular formula is C19H23ClN2O5. The summed E-state index contributed by atoms with van der Waals surface area (Å²) in [5, 5.41) is 0.584. The van der Waals surface area contributed by atoms with Crippen LogP contribution in [0.2, 0.25) is 5.02 Å². The third-order valence-electron chi connectivity index (χ3n) is 4.83. The third kappa shape index (κ3) is 4.78. The second-order valence-electron chi connectivity index (χ2n) is 6.78. The summed E-state index contributed by atoms with van der Waals surface area (Å²) >= 11 is 6.15. The van der Waals surface area contributed by atoms with Crippen LogP contribution < -0.4 is 0 Å². The fraction of sp³-hybridized carbons (Fsp3) is 0.526. The highest BCUT2D eigenvalue weighted by Gasteiger charge is 2.37. The number of halogens is 1. The summed E-state index contributed by atoms with van der Waals surface area (Å²) < 4.78 is 10.6. The standard InChI is InChI=1S/C19H23ClN2O5/c1-13(18(24)21-6-8-26-9-7-21)27-19(25)15-10-17(23)22(12-15)11-14-4-2-3-5-16(14)20/h2-5,13,15H,6-12H2,1H3/t13-,15-/m0/s1. The van der Waals surface area contributed by atoms with Gasteiger partial charge in [-0.15, -0.1) is 0 Å². The van der Waals surface area contributed by atoms with Gasteiger partial charge in [-0.25, -0.2) is 0 Å². The highest BCUT2D eigenvalue weighted by Crippen LogP contribution is 2.24. The molecule has 1 aromatic rings. The summed E-state index contributed by atoms with van der Waals surface area (Å²) in [6.45, 7) is 4.14. The average Bonchev–Trinajstić information content (AvgIpc) is 3.04. The van der Waals surface area contributed by atoms with Crippen molar-refractivity contribution in [3.63, 3.8) is 0 Å². The number of hydrogen-bond acceptors (Lipinski definition) is 5. The van der Waals surface area contributed by atoms with Crippen LogP contribution in [-0.4, -0.2) is 66.5 Å². The monoisotopic (exact) mass is 394 g/mol. The van der Waals surface area contributed by atoms with E-state index in [4.69, 9.17) is 21.1 Å². The van der Waals surface area contributed by atoms with Gasteiger partial charge in [0.05, 0.1) is 19.1 Å². The van der Waals surface area contributed by atoms with E-state index in [1.165, 1.54) is 0 Å². The van der Waals surface area contributed by atoms with Gasteiger partial charge in [-0.3, -0.25) is 14.4 Å². The van der Waals surface area contributed by atoms with E-state index in [0.717, 1.165) is 5.56 Å². The maximum Gasteiger partial charge on any atom is 0.312 e. The zero-order valence-corrected chi connectivity index (χ0v) is 16.0. The van der Waals surface area contributed by atoms with Crippen LogP contribution in [0.15, 0.2) is 24.3 Å². The van der Waals surface area contributed by atoms with Crippen molar-refractivity contribution in [2.45, 2.75) is 26.0 Å². The van der Waals surface area contributed by atoms with Gasteiger partial charge < -0.3 is 19.3 Å². The van der Waals surface area contributed by atoms with E-state index in [1.54, 1.807) is 22.8 Å². The molecule has 7 nitrogen and oxygen atoms in total. The van der Waals surface area contributed by atoms with Gasteiger partial charge >= 0.3 is 5.97 Å². The van der Waals surface area contributed by atoms with Crippen LogP contribution in [0.1, 0.15) is 18.9 Å². The number of morpholine rings is 1. The molecule has 3 rings (SSSR count). The van der Waals surface area contributed by atoms with E-state index >= 15 is 0 Å². The van der Waals surface area contributed by atoms with E-state index in [9.17, 15) is 14.4 Å². The number of ether oxygens (including phenoxy) is 2. The molecule has 2 fully saturated rings. The van der Waals surface area contributed by atoms with Crippen LogP contribution in [0.3, 0.4) is 0 Å². The molecule has 0 bridgehead atoms. The number of amides is 2. The Morgan fingerprint density at radius 3 is 2.70 bits per heavy atom. The first-order chi connectivity index (χ1) is 13.0. The second-order valence-corrected chi connectivity index (χ2v) is 7.19. The van der Waals surface area contributed by atoms with Crippen LogP contribution in [0.25, 0.3) is 0 Å². The van der Waals surface area contributed by atoms with Crippen molar-refractivity contribution in [2.24, 2.45) is 5.92 Å². The lowest BCUT2D eigenvalue weighted by molar-refractivity contribution is -0.163. The van der Waals surface area contributed by atoms with E-state index in [2.05, 4.69) is 0 Å². The molecular weight excluding hydrogens is 372 g/mol. The first-order valence-electron chi connectivity index (χ1n) is 9.04. The zero-order chi connectivity index (χ0) is 19.4. The van der Waals surface area contributed by atoms with Gasteiger partial charge in [0.25, 0.3) is 5.91 Å². The average molecular weight is 395 g/mol. The molecule has 0 aromatic heterocycles. The van der Waals surface area contributed by atoms with Crippen molar-refractivity contribution in [1.82, 2.24) is 9.80 Å². The summed E-state index contributed by atoms with van der Waals surface area (Å²) in [4.78, 5) is 40.3. The van der Waals surface area contributed by atoms with Gasteiger partial charge in [0.2, 0.25) is 5.91 Å². The number of carbonyl (C=O) groups excluding carboxylic acids is 3. The summed E-state index contributed by atoms with van der Waals surface area (Å²) in [7, 11) is 0. The van der Waals surface area contributed by atoms with E-state index < -0.39 is 18.0 Å². The molecule has 0 spiro atoms. The minimum Gasteiger partial charge on any atom is -0.452 e. The Labute approximate surface area is 163 Å². The number of rotatable bonds is 5. The molecule has 27 heavy (non-hydrogen) atoms. The molecule has 8 heteroatoms. The highest BCUT2D eigenvalue weighted by molar-refractivity contribution is 6.31. The molecule has 2 heterocycles. The number of carbonyl (C=O) groups is 3. The number of benzene rings is 1. The Kier molecular flexibility index (Phi) is 6.34. The van der Waals surface area contributed by atoms with Crippen molar-refractivity contribution in [1.29, 1.82) is 0 Å². The third-order valence-corrected chi connectivity index (χ3v) is 5.20. The fourth-order valence-corrected chi connectivity index (χ4v) is 3.47. The lowest BCUT2D eigenvalue weighted by Crippen LogP contribution is -2.46. The smallest absolute Gasteiger partial charge is 0.312 e. The molecule has 0 N–H and O–H groups in total. The topological polar surface area (TPSA) is 76.2 Å². The highest BCUT2D eigenvalue weighted by atomic mass is 35.5. The van der Waals surface area contributed by atoms with E-state index in [0.29, 0.717) is 37.9 Å². The summed E-state index contributed by atoms with van der Waals surface area (Å²) in [6.07, 6.45) is -0.787. The lowest BCUT2D eigenvalue weighted by Gasteiger charge is -2.29. The molecule has 2 aliphatic rings. The molecule has 2 saturated heterocycles. The normalized spacial score (nSPS) is 21.3. The van der Waals surface area contributed by atoms with E-state index in [1.807, 2.05) is 18.2 Å². The van der Waals surface area contributed by atoms with Gasteiger partial charge in [0.1, 0.15) is 0 Å². The maximum absolute atomic E-state index is 12.4. The predicted octanol–water partition coefficient (Wildman–Crippen LogP) is 1.48. The lowest BCUT2D eigenvalue weighted by atomic mass is 10.1. The minimum absolute atomic E-state index is 0.0851. The number of hydrogen-bond donors (Lipinski definition) is 0. The Morgan fingerprint density at radius 1 is 1.30 bits per heavy atom. The molecule has 0 aliphatic carbocycles. The number of nitrogens with zero attached hydrogens (tertiary/aromatic N) is 2. The van der Waals surface area contributed by atoms with Crippen LogP contribution in [-0.2, 0) is 30.4 Å².